The molecule has 0 aliphatic carbocycles. The predicted octanol–water partition coefficient (Wildman–Crippen LogP) is 2.82. The number of para-hydroxylation sites is 1. The van der Waals surface area contributed by atoms with Gasteiger partial charge in [-0.2, -0.15) is 0 Å². The van der Waals surface area contributed by atoms with Gasteiger partial charge in [-0.15, -0.1) is 0 Å². The van der Waals surface area contributed by atoms with Gasteiger partial charge in [0, 0.05) is 0 Å². The van der Waals surface area contributed by atoms with Crippen molar-refractivity contribution >= 4 is 11.7 Å². The Morgan fingerprint density at radius 2 is 1.72 bits per heavy atom. The van der Waals surface area contributed by atoms with Gasteiger partial charge in [0.15, 0.2) is 0 Å². The molecular weight excluding hydrogens is 226 g/mol. The number of benzene rings is 2. The number of hydrogen-bond donors (Lipinski definition) is 0. The Labute approximate surface area is 106 Å². The van der Waals surface area contributed by atoms with Gasteiger partial charge in [-0.1, -0.05) is 36.4 Å². The Morgan fingerprint density at radius 3 is 2.56 bits per heavy atom. The van der Waals surface area contributed by atoms with E-state index in [1.807, 2.05) is 36.4 Å². The number of fused-ring (bicyclic) bond motifs is 1. The van der Waals surface area contributed by atoms with Crippen molar-refractivity contribution in [2.45, 2.75) is 6.42 Å². The summed E-state index contributed by atoms with van der Waals surface area (Å²) in [4.78, 5) is 17.4. The highest BCUT2D eigenvalue weighted by Crippen LogP contribution is 2.27. The van der Waals surface area contributed by atoms with Gasteiger partial charge in [0.2, 0.25) is 0 Å². The molecule has 0 bridgehead atoms. The third-order valence-electron chi connectivity index (χ3n) is 3.05. The second-order valence-corrected chi connectivity index (χ2v) is 4.23. The summed E-state index contributed by atoms with van der Waals surface area (Å²) in [6.45, 7) is 0.720. The Morgan fingerprint density at radius 1 is 1.00 bits per heavy atom. The van der Waals surface area contributed by atoms with Gasteiger partial charge in [-0.3, -0.25) is 0 Å². The van der Waals surface area contributed by atoms with Crippen molar-refractivity contribution in [3.63, 3.8) is 0 Å². The van der Waals surface area contributed by atoms with E-state index in [1.165, 1.54) is 5.56 Å². The predicted molar refractivity (Wildman–Crippen MR) is 69.3 cm³/mol. The third kappa shape index (κ3) is 1.95. The zero-order valence-electron chi connectivity index (χ0n) is 9.87. The van der Waals surface area contributed by atoms with Gasteiger partial charge in [0.1, 0.15) is 0 Å². The number of carbonyl (C=O) groups excluding carboxylic acids is 1. The van der Waals surface area contributed by atoms with Crippen molar-refractivity contribution < 1.29 is 9.63 Å². The lowest BCUT2D eigenvalue weighted by Crippen LogP contribution is -2.25. The Kier molecular flexibility index (Phi) is 2.73. The van der Waals surface area contributed by atoms with Crippen LogP contribution in [-0.2, 0) is 11.3 Å². The molecule has 0 N–H and O–H groups in total. The van der Waals surface area contributed by atoms with Crippen LogP contribution >= 0.6 is 0 Å². The van der Waals surface area contributed by atoms with Crippen LogP contribution in [0.15, 0.2) is 54.6 Å². The Hall–Kier alpha value is -2.29. The van der Waals surface area contributed by atoms with Crippen LogP contribution in [0.3, 0.4) is 0 Å². The molecule has 0 spiro atoms. The summed E-state index contributed by atoms with van der Waals surface area (Å²) in [7, 11) is 0. The van der Waals surface area contributed by atoms with Crippen molar-refractivity contribution in [2.24, 2.45) is 0 Å². The summed E-state index contributed by atoms with van der Waals surface area (Å²) in [6, 6.07) is 17.0. The molecule has 0 amide bonds. The molecule has 3 nitrogen and oxygen atoms in total. The van der Waals surface area contributed by atoms with E-state index in [0.717, 1.165) is 18.7 Å². The quantitative estimate of drug-likeness (QED) is 0.807. The molecule has 1 aliphatic heterocycles. The highest BCUT2D eigenvalue weighted by molar-refractivity contribution is 5.90. The maximum atomic E-state index is 11.9. The molecule has 2 aromatic carbocycles. The summed E-state index contributed by atoms with van der Waals surface area (Å²) >= 11 is 0. The second-order valence-electron chi connectivity index (χ2n) is 4.23. The van der Waals surface area contributed by atoms with Crippen molar-refractivity contribution in [3.05, 3.63) is 65.7 Å². The molecule has 90 valence electrons. The highest BCUT2D eigenvalue weighted by Gasteiger charge is 2.22. The lowest BCUT2D eigenvalue weighted by Gasteiger charge is -2.17. The maximum absolute atomic E-state index is 11.9. The number of hydroxylamine groups is 1. The summed E-state index contributed by atoms with van der Waals surface area (Å²) in [5.41, 5.74) is 2.78. The fraction of sp³-hybridized carbons (Fsp3) is 0.133. The van der Waals surface area contributed by atoms with E-state index < -0.39 is 0 Å². The van der Waals surface area contributed by atoms with Crippen molar-refractivity contribution in [2.75, 3.05) is 11.6 Å². The minimum Gasteiger partial charge on any atom is -0.335 e. The topological polar surface area (TPSA) is 29.5 Å². The average Bonchev–Trinajstić information content (AvgIpc) is 2.83. The molecule has 18 heavy (non-hydrogen) atoms. The zero-order valence-corrected chi connectivity index (χ0v) is 9.87. The fourth-order valence-corrected chi connectivity index (χ4v) is 2.13. The van der Waals surface area contributed by atoms with Crippen LogP contribution in [-0.4, -0.2) is 12.5 Å². The van der Waals surface area contributed by atoms with Crippen LogP contribution in [0, 0.1) is 0 Å². The number of anilines is 1. The van der Waals surface area contributed by atoms with Crippen LogP contribution in [0.4, 0.5) is 5.69 Å². The minimum absolute atomic E-state index is 0.313. The number of hydrogen-bond acceptors (Lipinski definition) is 3. The first-order valence-corrected chi connectivity index (χ1v) is 5.97. The molecule has 0 radical (unpaired) electrons. The van der Waals surface area contributed by atoms with Crippen molar-refractivity contribution in [1.29, 1.82) is 0 Å². The van der Waals surface area contributed by atoms with E-state index >= 15 is 0 Å². The largest absolute Gasteiger partial charge is 0.363 e. The Bertz CT molecular complexity index is 566. The average molecular weight is 239 g/mol. The first-order valence-electron chi connectivity index (χ1n) is 5.97. The van der Waals surface area contributed by atoms with Gasteiger partial charge in [0.25, 0.3) is 0 Å². The zero-order chi connectivity index (χ0) is 12.4. The second kappa shape index (κ2) is 4.53. The fourth-order valence-electron chi connectivity index (χ4n) is 2.13. The molecule has 0 saturated heterocycles. The summed E-state index contributed by atoms with van der Waals surface area (Å²) in [5.74, 6) is -0.313. The molecule has 3 heteroatoms. The first kappa shape index (κ1) is 10.8. The lowest BCUT2D eigenvalue weighted by atomic mass is 10.2. The number of carbonyl (C=O) groups is 1. The van der Waals surface area contributed by atoms with Gasteiger partial charge >= 0.3 is 5.97 Å². The van der Waals surface area contributed by atoms with E-state index in [4.69, 9.17) is 4.84 Å². The van der Waals surface area contributed by atoms with Crippen molar-refractivity contribution in [3.8, 4) is 0 Å². The van der Waals surface area contributed by atoms with Crippen LogP contribution in [0.5, 0.6) is 0 Å². The van der Waals surface area contributed by atoms with Gasteiger partial charge in [-0.25, -0.2) is 9.86 Å². The van der Waals surface area contributed by atoms with E-state index in [2.05, 4.69) is 6.07 Å². The molecule has 1 heterocycles. The summed E-state index contributed by atoms with van der Waals surface area (Å²) in [6.07, 6.45) is 0.915. The third-order valence-corrected chi connectivity index (χ3v) is 3.05. The van der Waals surface area contributed by atoms with E-state index in [-0.39, 0.29) is 5.97 Å². The molecular formula is C15H13NO2. The van der Waals surface area contributed by atoms with Crippen molar-refractivity contribution in [1.82, 2.24) is 0 Å². The molecule has 0 aromatic heterocycles. The molecule has 0 saturated carbocycles. The standard InChI is InChI=1S/C15H13NO2/c17-15(13-7-2-1-3-8-13)18-16-11-10-12-6-4-5-9-14(12)16/h1-9H,10-11H2. The smallest absolute Gasteiger partial charge is 0.335 e. The summed E-state index contributed by atoms with van der Waals surface area (Å²) < 4.78 is 0. The normalized spacial score (nSPS) is 13.2. The van der Waals surface area contributed by atoms with Gasteiger partial charge < -0.3 is 4.84 Å². The van der Waals surface area contributed by atoms with Gasteiger partial charge in [0.05, 0.1) is 17.8 Å². The van der Waals surface area contributed by atoms with Crippen LogP contribution in [0.2, 0.25) is 0 Å². The lowest BCUT2D eigenvalue weighted by molar-refractivity contribution is 0.0461. The molecule has 1 aliphatic rings. The van der Waals surface area contributed by atoms with Gasteiger partial charge in [-0.05, 0) is 30.2 Å². The first-order chi connectivity index (χ1) is 8.84. The number of rotatable bonds is 2. The van der Waals surface area contributed by atoms with Crippen LogP contribution < -0.4 is 5.06 Å². The Balaban J connectivity index is 1.77. The summed E-state index contributed by atoms with van der Waals surface area (Å²) in [5, 5.41) is 1.67. The molecule has 2 aromatic rings. The van der Waals surface area contributed by atoms with E-state index in [9.17, 15) is 4.79 Å². The molecule has 0 unspecified atom stereocenters. The van der Waals surface area contributed by atoms with Crippen LogP contribution in [0.25, 0.3) is 0 Å². The highest BCUT2D eigenvalue weighted by atomic mass is 16.7. The molecule has 3 rings (SSSR count). The number of nitrogens with zero attached hydrogens (tertiary/aromatic N) is 1. The minimum atomic E-state index is -0.313. The maximum Gasteiger partial charge on any atom is 0.363 e. The monoisotopic (exact) mass is 239 g/mol. The molecule has 0 fully saturated rings. The SMILES string of the molecule is O=C(ON1CCc2ccccc21)c1ccccc1. The van der Waals surface area contributed by atoms with E-state index in [0.29, 0.717) is 5.56 Å². The molecule has 0 atom stereocenters. The van der Waals surface area contributed by atoms with E-state index in [1.54, 1.807) is 17.2 Å². The van der Waals surface area contributed by atoms with Crippen LogP contribution in [0.1, 0.15) is 15.9 Å².